The maximum absolute atomic E-state index is 13.9. The first-order chi connectivity index (χ1) is 9.63. The lowest BCUT2D eigenvalue weighted by molar-refractivity contribution is 0.0950. The van der Waals surface area contributed by atoms with Crippen molar-refractivity contribution >= 4 is 11.7 Å². The highest BCUT2D eigenvalue weighted by Gasteiger charge is 2.15. The average Bonchev–Trinajstić information content (AvgIpc) is 2.84. The van der Waals surface area contributed by atoms with Crippen molar-refractivity contribution in [3.63, 3.8) is 0 Å². The Morgan fingerprint density at radius 1 is 1.40 bits per heavy atom. The van der Waals surface area contributed by atoms with Gasteiger partial charge in [-0.2, -0.15) is 0 Å². The number of halogens is 1. The smallest absolute Gasteiger partial charge is 0.254 e. The summed E-state index contributed by atoms with van der Waals surface area (Å²) in [5, 5.41) is 5.27. The van der Waals surface area contributed by atoms with Crippen molar-refractivity contribution in [1.29, 1.82) is 0 Å². The second-order valence-corrected chi connectivity index (χ2v) is 4.23. The number of carbonyl (C=O) groups is 1. The Labute approximate surface area is 116 Å². The molecule has 0 atom stereocenters. The van der Waals surface area contributed by atoms with Gasteiger partial charge in [-0.1, -0.05) is 0 Å². The third-order valence-corrected chi connectivity index (χ3v) is 2.93. The molecule has 0 aromatic carbocycles. The number of aromatic nitrogens is 3. The molecule has 2 aromatic heterocycles. The van der Waals surface area contributed by atoms with E-state index < -0.39 is 11.7 Å². The van der Waals surface area contributed by atoms with Gasteiger partial charge in [-0.15, -0.1) is 0 Å². The predicted molar refractivity (Wildman–Crippen MR) is 73.0 cm³/mol. The summed E-state index contributed by atoms with van der Waals surface area (Å²) in [6, 6.07) is 1.35. The summed E-state index contributed by atoms with van der Waals surface area (Å²) in [5.74, 6) is -0.196. The first-order valence-electron chi connectivity index (χ1n) is 6.20. The fraction of sp³-hybridized carbons (Fsp3) is 0.308. The number of pyridine rings is 1. The van der Waals surface area contributed by atoms with Crippen molar-refractivity contribution in [2.75, 3.05) is 18.9 Å². The van der Waals surface area contributed by atoms with Crippen LogP contribution >= 0.6 is 0 Å². The van der Waals surface area contributed by atoms with E-state index in [-0.39, 0.29) is 11.4 Å². The van der Waals surface area contributed by atoms with Crippen molar-refractivity contribution in [3.05, 3.63) is 41.9 Å². The molecule has 0 aliphatic heterocycles. The van der Waals surface area contributed by atoms with E-state index in [9.17, 15) is 9.18 Å². The molecule has 0 aliphatic rings. The van der Waals surface area contributed by atoms with Crippen LogP contribution in [0.4, 0.5) is 10.2 Å². The quantitative estimate of drug-likeness (QED) is 0.854. The summed E-state index contributed by atoms with van der Waals surface area (Å²) in [6.07, 6.45) is 5.50. The summed E-state index contributed by atoms with van der Waals surface area (Å²) in [6.45, 7) is 0.389. The van der Waals surface area contributed by atoms with E-state index in [0.717, 1.165) is 5.82 Å². The Morgan fingerprint density at radius 2 is 2.20 bits per heavy atom. The molecule has 6 nitrogen and oxygen atoms in total. The molecule has 0 saturated heterocycles. The number of aryl methyl sites for hydroxylation is 1. The molecule has 106 valence electrons. The number of rotatable bonds is 5. The monoisotopic (exact) mass is 277 g/mol. The number of imidazole rings is 1. The highest BCUT2D eigenvalue weighted by molar-refractivity contribution is 5.95. The van der Waals surface area contributed by atoms with E-state index in [1.807, 2.05) is 17.8 Å². The average molecular weight is 277 g/mol. The van der Waals surface area contributed by atoms with E-state index in [1.54, 1.807) is 13.2 Å². The van der Waals surface area contributed by atoms with Crippen LogP contribution in [0.25, 0.3) is 0 Å². The number of carbonyl (C=O) groups excluding carboxylic acids is 1. The van der Waals surface area contributed by atoms with Gasteiger partial charge in [0.05, 0.1) is 5.56 Å². The first kappa shape index (κ1) is 14.0. The molecule has 2 rings (SSSR count). The largest absolute Gasteiger partial charge is 0.371 e. The van der Waals surface area contributed by atoms with E-state index in [1.165, 1.54) is 12.3 Å². The molecule has 0 bridgehead atoms. The van der Waals surface area contributed by atoms with Crippen molar-refractivity contribution in [3.8, 4) is 0 Å². The zero-order chi connectivity index (χ0) is 14.5. The fourth-order valence-electron chi connectivity index (χ4n) is 1.81. The lowest BCUT2D eigenvalue weighted by Gasteiger charge is -2.08. The van der Waals surface area contributed by atoms with E-state index in [4.69, 9.17) is 0 Å². The van der Waals surface area contributed by atoms with Gasteiger partial charge in [0.25, 0.3) is 5.91 Å². The van der Waals surface area contributed by atoms with Crippen LogP contribution in [-0.2, 0) is 13.5 Å². The van der Waals surface area contributed by atoms with Crippen LogP contribution in [0, 0.1) is 5.82 Å². The molecule has 1 amide bonds. The maximum atomic E-state index is 13.9. The Hall–Kier alpha value is -2.44. The standard InChI is InChI=1S/C13H16FN5O/c1-15-12-11(14)9(3-5-17-12)13(20)18-6-4-10-16-7-8-19(10)2/h3,5,7-8H,4,6H2,1-2H3,(H,15,17)(H,18,20). The van der Waals surface area contributed by atoms with Gasteiger partial charge >= 0.3 is 0 Å². The topological polar surface area (TPSA) is 71.8 Å². The fourth-order valence-corrected chi connectivity index (χ4v) is 1.81. The highest BCUT2D eigenvalue weighted by Crippen LogP contribution is 2.14. The molecular weight excluding hydrogens is 261 g/mol. The predicted octanol–water partition coefficient (Wildman–Crippen LogP) is 0.968. The number of nitrogens with one attached hydrogen (secondary N) is 2. The van der Waals surface area contributed by atoms with Crippen molar-refractivity contribution in [2.45, 2.75) is 6.42 Å². The first-order valence-corrected chi connectivity index (χ1v) is 6.20. The van der Waals surface area contributed by atoms with Gasteiger partial charge in [0.2, 0.25) is 0 Å². The van der Waals surface area contributed by atoms with E-state index in [2.05, 4.69) is 20.6 Å². The molecule has 0 fully saturated rings. The van der Waals surface area contributed by atoms with Gasteiger partial charge in [-0.25, -0.2) is 14.4 Å². The molecule has 7 heteroatoms. The van der Waals surface area contributed by atoms with Gasteiger partial charge in [-0.05, 0) is 6.07 Å². The van der Waals surface area contributed by atoms with Crippen LogP contribution in [-0.4, -0.2) is 34.0 Å². The van der Waals surface area contributed by atoms with Crippen LogP contribution in [0.15, 0.2) is 24.7 Å². The van der Waals surface area contributed by atoms with E-state index in [0.29, 0.717) is 13.0 Å². The van der Waals surface area contributed by atoms with Crippen LogP contribution in [0.3, 0.4) is 0 Å². The molecule has 2 aromatic rings. The van der Waals surface area contributed by atoms with Gasteiger partial charge in [0.15, 0.2) is 11.6 Å². The molecule has 20 heavy (non-hydrogen) atoms. The third kappa shape index (κ3) is 2.93. The number of hydrogen-bond donors (Lipinski definition) is 2. The minimum absolute atomic E-state index is 0.0239. The molecule has 2 N–H and O–H groups in total. The zero-order valence-electron chi connectivity index (χ0n) is 11.4. The third-order valence-electron chi connectivity index (χ3n) is 2.93. The molecule has 0 spiro atoms. The van der Waals surface area contributed by atoms with Crippen molar-refractivity contribution < 1.29 is 9.18 Å². The van der Waals surface area contributed by atoms with Gasteiger partial charge in [0, 0.05) is 45.7 Å². The molecule has 0 aliphatic carbocycles. The molecule has 0 saturated carbocycles. The summed E-state index contributed by atoms with van der Waals surface area (Å²) in [7, 11) is 3.43. The summed E-state index contributed by atoms with van der Waals surface area (Å²) in [5.41, 5.74) is -0.0239. The second-order valence-electron chi connectivity index (χ2n) is 4.23. The minimum atomic E-state index is -0.649. The van der Waals surface area contributed by atoms with Crippen LogP contribution < -0.4 is 10.6 Å². The number of nitrogens with zero attached hydrogens (tertiary/aromatic N) is 3. The Morgan fingerprint density at radius 3 is 2.85 bits per heavy atom. The Kier molecular flexibility index (Phi) is 4.29. The summed E-state index contributed by atoms with van der Waals surface area (Å²) >= 11 is 0. The van der Waals surface area contributed by atoms with Crippen molar-refractivity contribution in [2.24, 2.45) is 7.05 Å². The second kappa shape index (κ2) is 6.14. The lowest BCUT2D eigenvalue weighted by atomic mass is 10.2. The Bertz CT molecular complexity index is 611. The molecule has 2 heterocycles. The number of anilines is 1. The Balaban J connectivity index is 1.97. The van der Waals surface area contributed by atoms with Gasteiger partial charge < -0.3 is 15.2 Å². The molecule has 0 unspecified atom stereocenters. The number of amides is 1. The van der Waals surface area contributed by atoms with Crippen molar-refractivity contribution in [1.82, 2.24) is 19.9 Å². The minimum Gasteiger partial charge on any atom is -0.371 e. The van der Waals surface area contributed by atoms with Crippen LogP contribution in [0.1, 0.15) is 16.2 Å². The summed E-state index contributed by atoms with van der Waals surface area (Å²) < 4.78 is 15.8. The zero-order valence-corrected chi connectivity index (χ0v) is 11.4. The lowest BCUT2D eigenvalue weighted by Crippen LogP contribution is -2.27. The van der Waals surface area contributed by atoms with E-state index >= 15 is 0 Å². The van der Waals surface area contributed by atoms with Gasteiger partial charge in [0.1, 0.15) is 5.82 Å². The van der Waals surface area contributed by atoms with Crippen LogP contribution in [0.5, 0.6) is 0 Å². The van der Waals surface area contributed by atoms with Crippen LogP contribution in [0.2, 0.25) is 0 Å². The molecule has 0 radical (unpaired) electrons. The SMILES string of the molecule is CNc1nccc(C(=O)NCCc2nccn2C)c1F. The number of hydrogen-bond acceptors (Lipinski definition) is 4. The summed E-state index contributed by atoms with van der Waals surface area (Å²) in [4.78, 5) is 19.9. The highest BCUT2D eigenvalue weighted by atomic mass is 19.1. The normalized spacial score (nSPS) is 10.3. The maximum Gasteiger partial charge on any atom is 0.254 e. The molecular formula is C13H16FN5O. The van der Waals surface area contributed by atoms with Gasteiger partial charge in [-0.3, -0.25) is 4.79 Å².